The van der Waals surface area contributed by atoms with Gasteiger partial charge in [-0.3, -0.25) is 14.4 Å². The first-order valence-corrected chi connectivity index (χ1v) is 7.15. The summed E-state index contributed by atoms with van der Waals surface area (Å²) in [5.41, 5.74) is 2.11. The van der Waals surface area contributed by atoms with Crippen molar-refractivity contribution < 1.29 is 9.90 Å². The van der Waals surface area contributed by atoms with Crippen molar-refractivity contribution in [2.24, 2.45) is 0 Å². The molecule has 2 aromatic heterocycles. The predicted molar refractivity (Wildman–Crippen MR) is 75.7 cm³/mol. The Morgan fingerprint density at radius 1 is 1.52 bits per heavy atom. The monoisotopic (exact) mass is 289 g/mol. The molecule has 0 amide bonds. The van der Waals surface area contributed by atoms with Gasteiger partial charge in [0, 0.05) is 37.1 Å². The lowest BCUT2D eigenvalue weighted by Crippen LogP contribution is -2.34. The van der Waals surface area contributed by atoms with Crippen molar-refractivity contribution in [3.05, 3.63) is 36.2 Å². The van der Waals surface area contributed by atoms with Gasteiger partial charge in [0.05, 0.1) is 12.0 Å². The number of rotatable bonds is 5. The minimum absolute atomic E-state index is 0.0788. The van der Waals surface area contributed by atoms with E-state index in [1.54, 1.807) is 12.5 Å². The van der Waals surface area contributed by atoms with Crippen LogP contribution in [0.5, 0.6) is 0 Å². The number of aromatic nitrogens is 4. The van der Waals surface area contributed by atoms with Crippen molar-refractivity contribution in [3.63, 3.8) is 0 Å². The highest BCUT2D eigenvalue weighted by molar-refractivity contribution is 5.66. The van der Waals surface area contributed by atoms with Crippen LogP contribution in [0.1, 0.15) is 30.1 Å². The van der Waals surface area contributed by atoms with Gasteiger partial charge < -0.3 is 10.1 Å². The third kappa shape index (κ3) is 3.49. The third-order valence-electron chi connectivity index (χ3n) is 3.83. The Labute approximate surface area is 122 Å². The van der Waals surface area contributed by atoms with Crippen molar-refractivity contribution in [2.75, 3.05) is 13.1 Å². The Morgan fingerprint density at radius 2 is 2.43 bits per heavy atom. The van der Waals surface area contributed by atoms with Crippen molar-refractivity contribution in [1.29, 1.82) is 0 Å². The van der Waals surface area contributed by atoms with Gasteiger partial charge in [0.15, 0.2) is 0 Å². The second-order valence-corrected chi connectivity index (χ2v) is 5.48. The number of nitrogens with zero attached hydrogens (tertiary/aromatic N) is 4. The molecule has 0 aromatic carbocycles. The number of hydrogen-bond acceptors (Lipinski definition) is 4. The minimum atomic E-state index is -0.867. The molecule has 7 nitrogen and oxygen atoms in total. The molecular weight excluding hydrogens is 270 g/mol. The van der Waals surface area contributed by atoms with Gasteiger partial charge >= 0.3 is 5.97 Å². The Hall–Kier alpha value is -2.15. The molecule has 2 N–H and O–H groups in total. The quantitative estimate of drug-likeness (QED) is 0.859. The van der Waals surface area contributed by atoms with E-state index in [9.17, 15) is 4.79 Å². The van der Waals surface area contributed by atoms with Crippen LogP contribution in [-0.2, 0) is 17.9 Å². The molecular formula is C14H19N5O2. The molecule has 1 atom stereocenters. The maximum absolute atomic E-state index is 10.7. The first-order valence-electron chi connectivity index (χ1n) is 7.15. The molecule has 3 heterocycles. The summed E-state index contributed by atoms with van der Waals surface area (Å²) in [7, 11) is 0. The maximum Gasteiger partial charge on any atom is 0.325 e. The van der Waals surface area contributed by atoms with E-state index in [4.69, 9.17) is 5.11 Å². The summed E-state index contributed by atoms with van der Waals surface area (Å²) < 4.78 is 1.49. The average molecular weight is 289 g/mol. The molecule has 1 aliphatic rings. The Bertz CT molecular complexity index is 592. The normalized spacial score (nSPS) is 19.7. The summed E-state index contributed by atoms with van der Waals surface area (Å²) in [6, 6.07) is 1.94. The molecule has 0 radical (unpaired) electrons. The Balaban J connectivity index is 1.62. The number of nitrogens with one attached hydrogen (secondary N) is 1. The maximum atomic E-state index is 10.7. The molecule has 0 saturated carbocycles. The molecule has 21 heavy (non-hydrogen) atoms. The smallest absolute Gasteiger partial charge is 0.325 e. The van der Waals surface area contributed by atoms with Crippen LogP contribution >= 0.6 is 0 Å². The molecule has 1 unspecified atom stereocenters. The third-order valence-corrected chi connectivity index (χ3v) is 3.83. The highest BCUT2D eigenvalue weighted by atomic mass is 16.4. The Morgan fingerprint density at radius 3 is 3.19 bits per heavy atom. The summed E-state index contributed by atoms with van der Waals surface area (Å²) in [5, 5.41) is 13.2. The number of carboxylic acid groups (broad SMARTS) is 1. The molecule has 0 bridgehead atoms. The summed E-state index contributed by atoms with van der Waals surface area (Å²) in [6.07, 6.45) is 7.53. The van der Waals surface area contributed by atoms with Gasteiger partial charge in [-0.15, -0.1) is 0 Å². The van der Waals surface area contributed by atoms with E-state index in [0.29, 0.717) is 5.92 Å². The lowest BCUT2D eigenvalue weighted by atomic mass is 9.95. The highest BCUT2D eigenvalue weighted by Crippen LogP contribution is 2.26. The highest BCUT2D eigenvalue weighted by Gasteiger charge is 2.23. The fourth-order valence-corrected chi connectivity index (χ4v) is 2.87. The zero-order valence-corrected chi connectivity index (χ0v) is 11.8. The van der Waals surface area contributed by atoms with Crippen molar-refractivity contribution >= 4 is 5.97 Å². The Kier molecular flexibility index (Phi) is 4.01. The topological polar surface area (TPSA) is 87.0 Å². The first-order chi connectivity index (χ1) is 10.2. The van der Waals surface area contributed by atoms with Crippen LogP contribution < -0.4 is 0 Å². The fourth-order valence-electron chi connectivity index (χ4n) is 2.87. The van der Waals surface area contributed by atoms with Crippen molar-refractivity contribution in [1.82, 2.24) is 24.6 Å². The average Bonchev–Trinajstić information content (AvgIpc) is 3.10. The van der Waals surface area contributed by atoms with Gasteiger partial charge in [-0.25, -0.2) is 4.98 Å². The van der Waals surface area contributed by atoms with Crippen LogP contribution in [0.3, 0.4) is 0 Å². The summed E-state index contributed by atoms with van der Waals surface area (Å²) in [5.74, 6) is -0.495. The van der Waals surface area contributed by atoms with Crippen LogP contribution in [0.15, 0.2) is 24.8 Å². The minimum Gasteiger partial charge on any atom is -0.480 e. The second kappa shape index (κ2) is 6.09. The number of carboxylic acids is 1. The second-order valence-electron chi connectivity index (χ2n) is 5.48. The number of aliphatic carboxylic acids is 1. The molecule has 112 valence electrons. The van der Waals surface area contributed by atoms with Crippen molar-refractivity contribution in [2.45, 2.75) is 31.8 Å². The lowest BCUT2D eigenvalue weighted by Gasteiger charge is -2.31. The van der Waals surface area contributed by atoms with Gasteiger partial charge in [-0.2, -0.15) is 5.10 Å². The van der Waals surface area contributed by atoms with Gasteiger partial charge in [0.1, 0.15) is 6.54 Å². The number of carbonyl (C=O) groups is 1. The van der Waals surface area contributed by atoms with Gasteiger partial charge in [0.2, 0.25) is 0 Å². The van der Waals surface area contributed by atoms with Crippen LogP contribution in [0, 0.1) is 0 Å². The SMILES string of the molecule is O=C(O)Cn1ccc(C2CCCN(Cc3cnc[nH]3)C2)n1. The van der Waals surface area contributed by atoms with E-state index in [-0.39, 0.29) is 6.54 Å². The largest absolute Gasteiger partial charge is 0.480 e. The molecule has 0 aliphatic carbocycles. The molecule has 0 spiro atoms. The van der Waals surface area contributed by atoms with E-state index < -0.39 is 5.97 Å². The van der Waals surface area contributed by atoms with Gasteiger partial charge in [-0.1, -0.05) is 0 Å². The molecule has 2 aromatic rings. The number of likely N-dealkylation sites (tertiary alicyclic amines) is 1. The zero-order chi connectivity index (χ0) is 14.7. The van der Waals surface area contributed by atoms with E-state index in [2.05, 4.69) is 20.0 Å². The van der Waals surface area contributed by atoms with Crippen molar-refractivity contribution in [3.8, 4) is 0 Å². The molecule has 1 aliphatic heterocycles. The molecule has 1 saturated heterocycles. The number of hydrogen-bond donors (Lipinski definition) is 2. The van der Waals surface area contributed by atoms with Gasteiger partial charge in [-0.05, 0) is 25.5 Å². The fraction of sp³-hybridized carbons (Fsp3) is 0.500. The van der Waals surface area contributed by atoms with Crippen LogP contribution in [0.25, 0.3) is 0 Å². The van der Waals surface area contributed by atoms with Crippen LogP contribution in [0.2, 0.25) is 0 Å². The van der Waals surface area contributed by atoms with Gasteiger partial charge in [0.25, 0.3) is 0 Å². The predicted octanol–water partition coefficient (Wildman–Crippen LogP) is 1.07. The first kappa shape index (κ1) is 13.8. The number of H-pyrrole nitrogens is 1. The standard InChI is InChI=1S/C14H19N5O2/c20-14(21)9-19-5-3-13(17-19)11-2-1-4-18(7-11)8-12-6-15-10-16-12/h3,5-6,10-11H,1-2,4,7-9H2,(H,15,16)(H,20,21). The lowest BCUT2D eigenvalue weighted by molar-refractivity contribution is -0.137. The summed E-state index contributed by atoms with van der Waals surface area (Å²) in [4.78, 5) is 20.3. The zero-order valence-electron chi connectivity index (χ0n) is 11.8. The molecule has 1 fully saturated rings. The van der Waals surface area contributed by atoms with E-state index in [1.807, 2.05) is 12.3 Å². The van der Waals surface area contributed by atoms with E-state index in [0.717, 1.165) is 43.9 Å². The summed E-state index contributed by atoms with van der Waals surface area (Å²) in [6.45, 7) is 2.81. The van der Waals surface area contributed by atoms with Crippen LogP contribution in [-0.4, -0.2) is 48.8 Å². The number of aromatic amines is 1. The van der Waals surface area contributed by atoms with E-state index in [1.165, 1.54) is 4.68 Å². The number of imidazole rings is 1. The van der Waals surface area contributed by atoms with E-state index >= 15 is 0 Å². The van der Waals surface area contributed by atoms with Crippen LogP contribution in [0.4, 0.5) is 0 Å². The summed E-state index contributed by atoms with van der Waals surface area (Å²) >= 11 is 0. The molecule has 7 heteroatoms. The number of piperidine rings is 1. The molecule has 3 rings (SSSR count).